The van der Waals surface area contributed by atoms with E-state index in [4.69, 9.17) is 4.74 Å². The van der Waals surface area contributed by atoms with Crippen LogP contribution in [0.15, 0.2) is 24.8 Å². The number of nitrogens with one attached hydrogen (secondary N) is 1. The number of imide groups is 1. The Bertz CT molecular complexity index is 454. The van der Waals surface area contributed by atoms with Crippen LogP contribution in [0.5, 0.6) is 0 Å². The highest BCUT2D eigenvalue weighted by Gasteiger charge is 2.53. The molecule has 1 aliphatic carbocycles. The first-order chi connectivity index (χ1) is 9.10. The van der Waals surface area contributed by atoms with Crippen molar-refractivity contribution in [1.82, 2.24) is 5.32 Å². The molecule has 1 saturated heterocycles. The van der Waals surface area contributed by atoms with Crippen LogP contribution in [0.25, 0.3) is 0 Å². The first-order valence-corrected chi connectivity index (χ1v) is 6.42. The van der Waals surface area contributed by atoms with Crippen molar-refractivity contribution >= 4 is 17.8 Å². The number of hydrogen-bond acceptors (Lipinski definition) is 4. The number of carbonyl (C=O) groups is 3. The molecule has 2 rings (SSSR count). The lowest BCUT2D eigenvalue weighted by Gasteiger charge is -2.30. The lowest BCUT2D eigenvalue weighted by atomic mass is 9.69. The van der Waals surface area contributed by atoms with Gasteiger partial charge in [0, 0.05) is 6.08 Å². The van der Waals surface area contributed by atoms with Gasteiger partial charge in [-0.3, -0.25) is 14.9 Å². The molecule has 0 aromatic rings. The monoisotopic (exact) mass is 263 g/mol. The Kier molecular flexibility index (Phi) is 3.83. The van der Waals surface area contributed by atoms with Crippen LogP contribution < -0.4 is 5.32 Å². The number of amides is 2. The first-order valence-electron chi connectivity index (χ1n) is 6.42. The van der Waals surface area contributed by atoms with E-state index in [1.807, 2.05) is 12.2 Å². The third-order valence-electron chi connectivity index (χ3n) is 3.78. The number of hydrogen-bond donors (Lipinski definition) is 1. The molecule has 5 heteroatoms. The summed E-state index contributed by atoms with van der Waals surface area (Å²) >= 11 is 0. The van der Waals surface area contributed by atoms with Crippen LogP contribution >= 0.6 is 0 Å². The summed E-state index contributed by atoms with van der Waals surface area (Å²) in [5, 5.41) is 2.41. The molecule has 5 nitrogen and oxygen atoms in total. The maximum absolute atomic E-state index is 12.0. The smallest absolute Gasteiger partial charge is 0.330 e. The van der Waals surface area contributed by atoms with E-state index >= 15 is 0 Å². The average Bonchev–Trinajstić information content (AvgIpc) is 2.67. The number of ether oxygens (including phenoxy) is 1. The highest BCUT2D eigenvalue weighted by Crippen LogP contribution is 2.44. The van der Waals surface area contributed by atoms with Gasteiger partial charge in [0.2, 0.25) is 11.8 Å². The zero-order chi connectivity index (χ0) is 13.9. The van der Waals surface area contributed by atoms with Crippen molar-refractivity contribution < 1.29 is 19.1 Å². The van der Waals surface area contributed by atoms with Gasteiger partial charge in [0.15, 0.2) is 0 Å². The van der Waals surface area contributed by atoms with Gasteiger partial charge in [-0.25, -0.2) is 4.79 Å². The molecule has 1 heterocycles. The normalized spacial score (nSPS) is 28.7. The van der Waals surface area contributed by atoms with E-state index in [1.165, 1.54) is 0 Å². The highest BCUT2D eigenvalue weighted by atomic mass is 16.5. The van der Waals surface area contributed by atoms with Crippen molar-refractivity contribution in [3.8, 4) is 0 Å². The van der Waals surface area contributed by atoms with Crippen molar-refractivity contribution in [2.24, 2.45) is 11.3 Å². The second kappa shape index (κ2) is 5.38. The Morgan fingerprint density at radius 1 is 1.58 bits per heavy atom. The Morgan fingerprint density at radius 3 is 3.11 bits per heavy atom. The van der Waals surface area contributed by atoms with E-state index in [0.717, 1.165) is 12.5 Å². The fourth-order valence-corrected chi connectivity index (χ4v) is 2.81. The van der Waals surface area contributed by atoms with Crippen molar-refractivity contribution in [3.05, 3.63) is 24.8 Å². The van der Waals surface area contributed by atoms with Crippen LogP contribution in [-0.2, 0) is 19.1 Å². The first kappa shape index (κ1) is 13.5. The van der Waals surface area contributed by atoms with Gasteiger partial charge in [-0.1, -0.05) is 18.7 Å². The van der Waals surface area contributed by atoms with Gasteiger partial charge < -0.3 is 4.74 Å². The fraction of sp³-hybridized carbons (Fsp3) is 0.500. The van der Waals surface area contributed by atoms with Crippen molar-refractivity contribution in [1.29, 1.82) is 0 Å². The molecule has 1 fully saturated rings. The fourth-order valence-electron chi connectivity index (χ4n) is 2.81. The average molecular weight is 263 g/mol. The summed E-state index contributed by atoms with van der Waals surface area (Å²) in [7, 11) is 0. The quantitative estimate of drug-likeness (QED) is 0.265. The molecule has 0 aromatic carbocycles. The van der Waals surface area contributed by atoms with Crippen LogP contribution in [-0.4, -0.2) is 24.4 Å². The summed E-state index contributed by atoms with van der Waals surface area (Å²) in [5.74, 6) is -1.16. The van der Waals surface area contributed by atoms with Gasteiger partial charge in [-0.15, -0.1) is 0 Å². The number of allylic oxidation sites excluding steroid dienone is 1. The molecule has 2 aliphatic rings. The minimum absolute atomic E-state index is 0.183. The molecular weight excluding hydrogens is 246 g/mol. The summed E-state index contributed by atoms with van der Waals surface area (Å²) in [4.78, 5) is 34.7. The van der Waals surface area contributed by atoms with Crippen LogP contribution in [0.1, 0.15) is 25.7 Å². The summed E-state index contributed by atoms with van der Waals surface area (Å²) < 4.78 is 4.89. The molecule has 0 saturated carbocycles. The predicted molar refractivity (Wildman–Crippen MR) is 67.8 cm³/mol. The lowest BCUT2D eigenvalue weighted by Crippen LogP contribution is -2.35. The molecule has 1 N–H and O–H groups in total. The predicted octanol–water partition coefficient (Wildman–Crippen LogP) is 1.10. The number of fused-ring (bicyclic) bond motifs is 1. The number of rotatable bonds is 5. The molecule has 0 spiro atoms. The Hall–Kier alpha value is -1.91. The third kappa shape index (κ3) is 2.45. The van der Waals surface area contributed by atoms with Crippen LogP contribution in [0.4, 0.5) is 0 Å². The topological polar surface area (TPSA) is 72.5 Å². The maximum Gasteiger partial charge on any atom is 0.330 e. The molecule has 2 atom stereocenters. The molecule has 102 valence electrons. The molecule has 1 aliphatic heterocycles. The van der Waals surface area contributed by atoms with E-state index in [-0.39, 0.29) is 24.3 Å². The standard InChI is InChI=1S/C14H17NO4/c1-2-11(16)19-9-5-8-14-7-4-3-6-10(14)12(17)15-13(14)18/h2,4,7,10H,1,3,5-6,8-9H2,(H,15,17,18). The lowest BCUT2D eigenvalue weighted by molar-refractivity contribution is -0.138. The van der Waals surface area contributed by atoms with Crippen molar-refractivity contribution in [3.63, 3.8) is 0 Å². The zero-order valence-electron chi connectivity index (χ0n) is 10.7. The Labute approximate surface area is 111 Å². The van der Waals surface area contributed by atoms with E-state index in [1.54, 1.807) is 0 Å². The molecule has 2 unspecified atom stereocenters. The summed E-state index contributed by atoms with van der Waals surface area (Å²) in [6, 6.07) is 0. The van der Waals surface area contributed by atoms with Crippen LogP contribution in [0, 0.1) is 11.3 Å². The minimum Gasteiger partial charge on any atom is -0.463 e. The molecular formula is C14H17NO4. The van der Waals surface area contributed by atoms with Gasteiger partial charge in [0.05, 0.1) is 17.9 Å². The molecule has 0 radical (unpaired) electrons. The molecule has 0 bridgehead atoms. The van der Waals surface area contributed by atoms with E-state index in [2.05, 4.69) is 11.9 Å². The van der Waals surface area contributed by atoms with Crippen molar-refractivity contribution in [2.75, 3.05) is 6.61 Å². The second-order valence-corrected chi connectivity index (χ2v) is 4.87. The molecule has 2 amide bonds. The zero-order valence-corrected chi connectivity index (χ0v) is 10.7. The summed E-state index contributed by atoms with van der Waals surface area (Å²) in [5.41, 5.74) is -0.740. The van der Waals surface area contributed by atoms with E-state index in [9.17, 15) is 14.4 Å². The number of esters is 1. The van der Waals surface area contributed by atoms with Gasteiger partial charge in [-0.2, -0.15) is 0 Å². The minimum atomic E-state index is -0.740. The molecule has 19 heavy (non-hydrogen) atoms. The van der Waals surface area contributed by atoms with E-state index < -0.39 is 11.4 Å². The van der Waals surface area contributed by atoms with E-state index in [0.29, 0.717) is 19.3 Å². The number of carbonyl (C=O) groups excluding carboxylic acids is 3. The van der Waals surface area contributed by atoms with Gasteiger partial charge >= 0.3 is 5.97 Å². The summed E-state index contributed by atoms with van der Waals surface area (Å²) in [6.07, 6.45) is 7.46. The third-order valence-corrected chi connectivity index (χ3v) is 3.78. The largest absolute Gasteiger partial charge is 0.463 e. The summed E-state index contributed by atoms with van der Waals surface area (Å²) in [6.45, 7) is 3.54. The Morgan fingerprint density at radius 2 is 2.37 bits per heavy atom. The van der Waals surface area contributed by atoms with Crippen LogP contribution in [0.2, 0.25) is 0 Å². The SMILES string of the molecule is C=CC(=O)OCCCC12C=CCCC1C(=O)NC2=O. The van der Waals surface area contributed by atoms with Gasteiger partial charge in [-0.05, 0) is 25.7 Å². The molecule has 0 aromatic heterocycles. The van der Waals surface area contributed by atoms with Gasteiger partial charge in [0.25, 0.3) is 0 Å². The Balaban J connectivity index is 1.99. The van der Waals surface area contributed by atoms with Gasteiger partial charge in [0.1, 0.15) is 0 Å². The second-order valence-electron chi connectivity index (χ2n) is 4.87. The highest BCUT2D eigenvalue weighted by molar-refractivity contribution is 6.08. The maximum atomic E-state index is 12.0. The van der Waals surface area contributed by atoms with Crippen LogP contribution in [0.3, 0.4) is 0 Å². The van der Waals surface area contributed by atoms with Crippen molar-refractivity contribution in [2.45, 2.75) is 25.7 Å².